The van der Waals surface area contributed by atoms with E-state index in [9.17, 15) is 0 Å². The summed E-state index contributed by atoms with van der Waals surface area (Å²) in [6, 6.07) is 18.3. The molecule has 0 saturated carbocycles. The topological polar surface area (TPSA) is 15.7 Å². The number of rotatable bonds is 6. The predicted molar refractivity (Wildman–Crippen MR) is 131 cm³/mol. The van der Waals surface area contributed by atoms with Gasteiger partial charge in [0.25, 0.3) is 0 Å². The summed E-state index contributed by atoms with van der Waals surface area (Å²) in [6.07, 6.45) is 2.69. The minimum Gasteiger partial charge on any atom is -0.497 e. The molecule has 3 aromatic rings. The Morgan fingerprint density at radius 1 is 0.968 bits per heavy atom. The van der Waals surface area contributed by atoms with E-state index in [0.29, 0.717) is 12.2 Å². The van der Waals surface area contributed by atoms with Crippen LogP contribution in [0.15, 0.2) is 48.5 Å². The van der Waals surface area contributed by atoms with Crippen LogP contribution in [0.5, 0.6) is 5.75 Å². The number of hydrogen-bond acceptors (Lipinski definition) is 3. The van der Waals surface area contributed by atoms with Gasteiger partial charge in [0, 0.05) is 19.1 Å². The van der Waals surface area contributed by atoms with Crippen LogP contribution < -0.4 is 4.74 Å². The molecule has 1 aliphatic rings. The van der Waals surface area contributed by atoms with Gasteiger partial charge in [-0.3, -0.25) is 9.80 Å². The minimum absolute atomic E-state index is 0.345. The number of methoxy groups -OCH3 is 1. The van der Waals surface area contributed by atoms with Crippen molar-refractivity contribution in [2.24, 2.45) is 0 Å². The molecule has 0 aliphatic carbocycles. The van der Waals surface area contributed by atoms with Gasteiger partial charge in [0.2, 0.25) is 0 Å². The van der Waals surface area contributed by atoms with Crippen LogP contribution in [0.4, 0.5) is 0 Å². The lowest BCUT2D eigenvalue weighted by Gasteiger charge is -2.42. The first kappa shape index (κ1) is 21.9. The molecule has 3 heteroatoms. The van der Waals surface area contributed by atoms with Gasteiger partial charge in [-0.05, 0) is 97.4 Å². The number of nitrogens with zero attached hydrogens (tertiary/aromatic N) is 2. The molecule has 3 nitrogen and oxygen atoms in total. The fraction of sp³-hybridized carbons (Fsp3) is 0.429. The highest BCUT2D eigenvalue weighted by atomic mass is 16.5. The van der Waals surface area contributed by atoms with Gasteiger partial charge in [-0.25, -0.2) is 0 Å². The minimum atomic E-state index is 0.345. The Bertz CT molecular complexity index is 1070. The van der Waals surface area contributed by atoms with E-state index < -0.39 is 0 Å². The summed E-state index contributed by atoms with van der Waals surface area (Å²) in [7, 11) is 4.01. The summed E-state index contributed by atoms with van der Waals surface area (Å²) in [6.45, 7) is 11.3. The number of benzene rings is 3. The fourth-order valence-corrected chi connectivity index (χ4v) is 5.06. The summed E-state index contributed by atoms with van der Waals surface area (Å²) in [5.41, 5.74) is 7.23. The lowest BCUT2D eigenvalue weighted by atomic mass is 9.94. The Labute approximate surface area is 187 Å². The highest BCUT2D eigenvalue weighted by molar-refractivity contribution is 5.84. The second-order valence-corrected chi connectivity index (χ2v) is 9.13. The third kappa shape index (κ3) is 4.35. The van der Waals surface area contributed by atoms with E-state index in [1.54, 1.807) is 7.11 Å². The van der Waals surface area contributed by atoms with Crippen molar-refractivity contribution in [1.82, 2.24) is 9.80 Å². The van der Waals surface area contributed by atoms with Gasteiger partial charge in [0.15, 0.2) is 0 Å². The van der Waals surface area contributed by atoms with Crippen molar-refractivity contribution in [3.8, 4) is 5.75 Å². The smallest absolute Gasteiger partial charge is 0.119 e. The van der Waals surface area contributed by atoms with Gasteiger partial charge in [-0.2, -0.15) is 0 Å². The third-order valence-corrected chi connectivity index (χ3v) is 7.28. The van der Waals surface area contributed by atoms with Gasteiger partial charge in [0.1, 0.15) is 5.75 Å². The summed E-state index contributed by atoms with van der Waals surface area (Å²) in [5, 5.41) is 2.49. The summed E-state index contributed by atoms with van der Waals surface area (Å²) in [5.74, 6) is 0.910. The average Bonchev–Trinajstić information content (AvgIpc) is 2.79. The van der Waals surface area contributed by atoms with Crippen LogP contribution in [0.2, 0.25) is 0 Å². The van der Waals surface area contributed by atoms with Crippen molar-refractivity contribution in [2.75, 3.05) is 20.7 Å². The summed E-state index contributed by atoms with van der Waals surface area (Å²) in [4.78, 5) is 5.22. The van der Waals surface area contributed by atoms with Crippen LogP contribution in [-0.2, 0) is 13.0 Å². The largest absolute Gasteiger partial charge is 0.497 e. The van der Waals surface area contributed by atoms with Crippen molar-refractivity contribution in [3.63, 3.8) is 0 Å². The number of hydrogen-bond donors (Lipinski definition) is 0. The van der Waals surface area contributed by atoms with Crippen LogP contribution in [0.3, 0.4) is 0 Å². The van der Waals surface area contributed by atoms with Gasteiger partial charge < -0.3 is 4.74 Å². The summed E-state index contributed by atoms with van der Waals surface area (Å²) < 4.78 is 5.38. The Kier molecular flexibility index (Phi) is 6.36. The maximum atomic E-state index is 5.38. The quantitative estimate of drug-likeness (QED) is 0.472. The van der Waals surface area contributed by atoms with Crippen LogP contribution in [0, 0.1) is 13.8 Å². The number of aryl methyl sites for hydroxylation is 2. The van der Waals surface area contributed by atoms with Crippen molar-refractivity contribution >= 4 is 10.8 Å². The lowest BCUT2D eigenvalue weighted by Crippen LogP contribution is -2.49. The van der Waals surface area contributed by atoms with Crippen molar-refractivity contribution in [2.45, 2.75) is 59.3 Å². The van der Waals surface area contributed by atoms with Gasteiger partial charge >= 0.3 is 0 Å². The molecule has 4 rings (SSSR count). The number of ether oxygens (including phenoxy) is 1. The predicted octanol–water partition coefficient (Wildman–Crippen LogP) is 6.25. The van der Waals surface area contributed by atoms with E-state index in [0.717, 1.165) is 31.7 Å². The van der Waals surface area contributed by atoms with Gasteiger partial charge in [-0.1, -0.05) is 37.3 Å². The van der Waals surface area contributed by atoms with E-state index in [-0.39, 0.29) is 0 Å². The Morgan fingerprint density at radius 3 is 2.35 bits per heavy atom. The maximum absolute atomic E-state index is 5.38. The highest BCUT2D eigenvalue weighted by Gasteiger charge is 2.28. The standard InChI is InChI=1S/C28H36N2O/c1-7-28(30-13-12-25-14-19(2)20(3)15-26(25)18-30)29(5)21(4)22-8-9-24-17-27(31-6)11-10-23(24)16-22/h8-11,14-17,21,28H,7,12-13,18H2,1-6H3. The molecule has 0 saturated heterocycles. The van der Waals surface area contributed by atoms with Crippen LogP contribution >= 0.6 is 0 Å². The lowest BCUT2D eigenvalue weighted by molar-refractivity contribution is 0.0232. The molecule has 3 aromatic carbocycles. The van der Waals surface area contributed by atoms with E-state index in [1.165, 1.54) is 38.6 Å². The van der Waals surface area contributed by atoms with Crippen molar-refractivity contribution in [3.05, 3.63) is 76.3 Å². The molecule has 0 fully saturated rings. The second-order valence-electron chi connectivity index (χ2n) is 9.13. The van der Waals surface area contributed by atoms with E-state index >= 15 is 0 Å². The van der Waals surface area contributed by atoms with Gasteiger partial charge in [0.05, 0.1) is 13.3 Å². The van der Waals surface area contributed by atoms with Crippen molar-refractivity contribution in [1.29, 1.82) is 0 Å². The molecule has 0 amide bonds. The molecule has 0 bridgehead atoms. The van der Waals surface area contributed by atoms with E-state index in [4.69, 9.17) is 4.74 Å². The maximum Gasteiger partial charge on any atom is 0.119 e. The first-order chi connectivity index (χ1) is 14.9. The van der Waals surface area contributed by atoms with Crippen molar-refractivity contribution < 1.29 is 4.74 Å². The molecule has 2 unspecified atom stereocenters. The molecule has 0 aromatic heterocycles. The van der Waals surface area contributed by atoms with Crippen LogP contribution in [-0.4, -0.2) is 36.7 Å². The first-order valence-electron chi connectivity index (χ1n) is 11.5. The SMILES string of the molecule is CCC(N1CCc2cc(C)c(C)cc2C1)N(C)C(C)c1ccc2cc(OC)ccc2c1. The molecule has 0 spiro atoms. The molecule has 0 radical (unpaired) electrons. The molecular formula is C28H36N2O. The molecule has 1 heterocycles. The third-order valence-electron chi connectivity index (χ3n) is 7.28. The molecule has 1 aliphatic heterocycles. The molecule has 0 N–H and O–H groups in total. The molecular weight excluding hydrogens is 380 g/mol. The molecule has 31 heavy (non-hydrogen) atoms. The zero-order chi connectivity index (χ0) is 22.1. The Hall–Kier alpha value is -2.36. The number of fused-ring (bicyclic) bond motifs is 2. The van der Waals surface area contributed by atoms with Crippen LogP contribution in [0.1, 0.15) is 54.1 Å². The van der Waals surface area contributed by atoms with Crippen LogP contribution in [0.25, 0.3) is 10.8 Å². The summed E-state index contributed by atoms with van der Waals surface area (Å²) >= 11 is 0. The zero-order valence-electron chi connectivity index (χ0n) is 19.9. The first-order valence-corrected chi connectivity index (χ1v) is 11.5. The average molecular weight is 417 g/mol. The van der Waals surface area contributed by atoms with Gasteiger partial charge in [-0.15, -0.1) is 0 Å². The Morgan fingerprint density at radius 2 is 1.65 bits per heavy atom. The fourth-order valence-electron chi connectivity index (χ4n) is 5.06. The monoisotopic (exact) mass is 416 g/mol. The second kappa shape index (κ2) is 9.02. The molecule has 2 atom stereocenters. The van der Waals surface area contributed by atoms with E-state index in [2.05, 4.69) is 87.0 Å². The Balaban J connectivity index is 1.54. The zero-order valence-corrected chi connectivity index (χ0v) is 19.9. The molecule has 164 valence electrons. The highest BCUT2D eigenvalue weighted by Crippen LogP contribution is 2.31. The van der Waals surface area contributed by atoms with E-state index in [1.807, 2.05) is 6.07 Å². The normalized spacial score (nSPS) is 16.4.